The average molecular weight is 270 g/mol. The van der Waals surface area contributed by atoms with Gasteiger partial charge in [-0.05, 0) is 36.8 Å². The minimum Gasteiger partial charge on any atom is -0.497 e. The van der Waals surface area contributed by atoms with Crippen molar-refractivity contribution in [3.8, 4) is 11.5 Å². The van der Waals surface area contributed by atoms with Gasteiger partial charge >= 0.3 is 0 Å². The Bertz CT molecular complexity index is 613. The molecule has 0 atom stereocenters. The molecule has 0 unspecified atom stereocenters. The third-order valence-corrected chi connectivity index (χ3v) is 3.46. The van der Waals surface area contributed by atoms with Crippen LogP contribution in [-0.4, -0.2) is 25.2 Å². The van der Waals surface area contributed by atoms with Crippen molar-refractivity contribution in [1.82, 2.24) is 4.98 Å². The molecule has 2 aromatic rings. The molecular formula is C16H18N2O2. The van der Waals surface area contributed by atoms with Crippen LogP contribution < -0.4 is 14.4 Å². The zero-order valence-corrected chi connectivity index (χ0v) is 11.8. The van der Waals surface area contributed by atoms with Crippen molar-refractivity contribution in [2.24, 2.45) is 0 Å². The molecule has 0 amide bonds. The molecule has 0 fully saturated rings. The second-order valence-corrected chi connectivity index (χ2v) is 4.91. The summed E-state index contributed by atoms with van der Waals surface area (Å²) < 4.78 is 11.0. The van der Waals surface area contributed by atoms with E-state index < -0.39 is 0 Å². The van der Waals surface area contributed by atoms with Crippen LogP contribution in [0.4, 0.5) is 5.69 Å². The van der Waals surface area contributed by atoms with Gasteiger partial charge in [0.2, 0.25) is 0 Å². The number of anilines is 1. The second-order valence-electron chi connectivity index (χ2n) is 4.91. The van der Waals surface area contributed by atoms with Gasteiger partial charge in [0.15, 0.2) is 0 Å². The molecule has 4 nitrogen and oxygen atoms in total. The Labute approximate surface area is 119 Å². The number of hydrogen-bond acceptors (Lipinski definition) is 4. The maximum absolute atomic E-state index is 5.71. The van der Waals surface area contributed by atoms with Gasteiger partial charge in [-0.1, -0.05) is 0 Å². The summed E-state index contributed by atoms with van der Waals surface area (Å²) in [6.07, 6.45) is 1.86. The van der Waals surface area contributed by atoms with E-state index in [0.29, 0.717) is 6.61 Å². The first-order valence-electron chi connectivity index (χ1n) is 6.73. The van der Waals surface area contributed by atoms with Crippen LogP contribution in [0.15, 0.2) is 36.5 Å². The monoisotopic (exact) mass is 270 g/mol. The smallest absolute Gasteiger partial charge is 0.142 e. The van der Waals surface area contributed by atoms with Crippen LogP contribution in [-0.2, 0) is 6.54 Å². The van der Waals surface area contributed by atoms with Gasteiger partial charge in [-0.3, -0.25) is 4.98 Å². The highest BCUT2D eigenvalue weighted by Gasteiger charge is 2.19. The van der Waals surface area contributed by atoms with E-state index in [1.807, 2.05) is 31.3 Å². The first-order valence-corrected chi connectivity index (χ1v) is 6.73. The SMILES string of the molecule is COc1ccc2c(c1)N(Cc1ccnc(C)c1)CCO2. The molecule has 0 N–H and O–H groups in total. The molecule has 0 bridgehead atoms. The van der Waals surface area contributed by atoms with Crippen LogP contribution in [0, 0.1) is 6.92 Å². The number of pyridine rings is 1. The van der Waals surface area contributed by atoms with Crippen molar-refractivity contribution in [3.05, 3.63) is 47.8 Å². The molecule has 20 heavy (non-hydrogen) atoms. The summed E-state index contributed by atoms with van der Waals surface area (Å²) in [5, 5.41) is 0. The number of rotatable bonds is 3. The molecule has 0 radical (unpaired) electrons. The van der Waals surface area contributed by atoms with Crippen LogP contribution in [0.3, 0.4) is 0 Å². The number of aryl methyl sites for hydroxylation is 1. The lowest BCUT2D eigenvalue weighted by molar-refractivity contribution is 0.305. The summed E-state index contributed by atoms with van der Waals surface area (Å²) in [7, 11) is 1.68. The standard InChI is InChI=1S/C16H18N2O2/c1-12-9-13(5-6-17-12)11-18-7-8-20-16-4-3-14(19-2)10-15(16)18/h3-6,9-10H,7-8,11H2,1-2H3. The molecule has 0 saturated carbocycles. The average Bonchev–Trinajstić information content (AvgIpc) is 2.47. The molecule has 1 aromatic carbocycles. The van der Waals surface area contributed by atoms with Gasteiger partial charge in [-0.2, -0.15) is 0 Å². The zero-order chi connectivity index (χ0) is 13.9. The van der Waals surface area contributed by atoms with Crippen molar-refractivity contribution >= 4 is 5.69 Å². The minimum absolute atomic E-state index is 0.712. The lowest BCUT2D eigenvalue weighted by Gasteiger charge is -2.31. The number of nitrogens with zero attached hydrogens (tertiary/aromatic N) is 2. The molecule has 3 rings (SSSR count). The highest BCUT2D eigenvalue weighted by Crippen LogP contribution is 2.35. The highest BCUT2D eigenvalue weighted by molar-refractivity contribution is 5.63. The summed E-state index contributed by atoms with van der Waals surface area (Å²) in [5.41, 5.74) is 3.39. The van der Waals surface area contributed by atoms with Crippen molar-refractivity contribution in [2.45, 2.75) is 13.5 Å². The van der Waals surface area contributed by atoms with Gasteiger partial charge < -0.3 is 14.4 Å². The quantitative estimate of drug-likeness (QED) is 0.859. The van der Waals surface area contributed by atoms with Gasteiger partial charge in [0.25, 0.3) is 0 Å². The number of aromatic nitrogens is 1. The summed E-state index contributed by atoms with van der Waals surface area (Å²) in [6, 6.07) is 10.1. The van der Waals surface area contributed by atoms with E-state index in [9.17, 15) is 0 Å². The van der Waals surface area contributed by atoms with E-state index in [1.54, 1.807) is 7.11 Å². The van der Waals surface area contributed by atoms with Gasteiger partial charge in [-0.25, -0.2) is 0 Å². The van der Waals surface area contributed by atoms with Gasteiger partial charge in [0.05, 0.1) is 19.3 Å². The van der Waals surface area contributed by atoms with Crippen LogP contribution in [0.5, 0.6) is 11.5 Å². The second kappa shape index (κ2) is 5.41. The molecule has 0 aliphatic carbocycles. The molecule has 2 heterocycles. The Kier molecular flexibility index (Phi) is 3.46. The van der Waals surface area contributed by atoms with E-state index in [0.717, 1.165) is 36.0 Å². The molecule has 0 spiro atoms. The molecule has 4 heteroatoms. The van der Waals surface area contributed by atoms with E-state index in [2.05, 4.69) is 22.0 Å². The lowest BCUT2D eigenvalue weighted by Crippen LogP contribution is -2.32. The van der Waals surface area contributed by atoms with Gasteiger partial charge in [0.1, 0.15) is 18.1 Å². The fourth-order valence-electron chi connectivity index (χ4n) is 2.47. The Morgan fingerprint density at radius 1 is 1.30 bits per heavy atom. The lowest BCUT2D eigenvalue weighted by atomic mass is 10.1. The van der Waals surface area contributed by atoms with E-state index >= 15 is 0 Å². The molecule has 1 aliphatic rings. The predicted molar refractivity (Wildman–Crippen MR) is 78.5 cm³/mol. The Morgan fingerprint density at radius 2 is 2.20 bits per heavy atom. The van der Waals surface area contributed by atoms with Crippen LogP contribution in [0.1, 0.15) is 11.3 Å². The van der Waals surface area contributed by atoms with Crippen LogP contribution >= 0.6 is 0 Å². The number of methoxy groups -OCH3 is 1. The van der Waals surface area contributed by atoms with E-state index in [4.69, 9.17) is 9.47 Å². The maximum Gasteiger partial charge on any atom is 0.142 e. The topological polar surface area (TPSA) is 34.6 Å². The summed E-state index contributed by atoms with van der Waals surface area (Å²) in [6.45, 7) is 4.46. The Hall–Kier alpha value is -2.23. The Morgan fingerprint density at radius 3 is 3.00 bits per heavy atom. The van der Waals surface area contributed by atoms with E-state index in [1.165, 1.54) is 5.56 Å². The van der Waals surface area contributed by atoms with E-state index in [-0.39, 0.29) is 0 Å². The van der Waals surface area contributed by atoms with Crippen molar-refractivity contribution < 1.29 is 9.47 Å². The molecule has 104 valence electrons. The van der Waals surface area contributed by atoms with Crippen LogP contribution in [0.2, 0.25) is 0 Å². The minimum atomic E-state index is 0.712. The molecular weight excluding hydrogens is 252 g/mol. The normalized spacial score (nSPS) is 13.6. The fraction of sp³-hybridized carbons (Fsp3) is 0.312. The van der Waals surface area contributed by atoms with Gasteiger partial charge in [0, 0.05) is 24.5 Å². The van der Waals surface area contributed by atoms with Gasteiger partial charge in [-0.15, -0.1) is 0 Å². The third kappa shape index (κ3) is 2.54. The zero-order valence-electron chi connectivity index (χ0n) is 11.8. The van der Waals surface area contributed by atoms with Crippen molar-refractivity contribution in [1.29, 1.82) is 0 Å². The maximum atomic E-state index is 5.71. The summed E-state index contributed by atoms with van der Waals surface area (Å²) in [5.74, 6) is 1.77. The van der Waals surface area contributed by atoms with Crippen molar-refractivity contribution in [2.75, 3.05) is 25.2 Å². The first-order chi connectivity index (χ1) is 9.76. The predicted octanol–water partition coefficient (Wildman–Crippen LogP) is 2.80. The van der Waals surface area contributed by atoms with Crippen molar-refractivity contribution in [3.63, 3.8) is 0 Å². The largest absolute Gasteiger partial charge is 0.497 e. The number of benzene rings is 1. The summed E-state index contributed by atoms with van der Waals surface area (Å²) >= 11 is 0. The molecule has 1 aromatic heterocycles. The summed E-state index contributed by atoms with van der Waals surface area (Å²) in [4.78, 5) is 6.56. The highest BCUT2D eigenvalue weighted by atomic mass is 16.5. The Balaban J connectivity index is 1.89. The number of hydrogen-bond donors (Lipinski definition) is 0. The molecule has 1 aliphatic heterocycles. The van der Waals surface area contributed by atoms with Crippen LogP contribution in [0.25, 0.3) is 0 Å². The molecule has 0 saturated heterocycles. The number of fused-ring (bicyclic) bond motifs is 1. The third-order valence-electron chi connectivity index (χ3n) is 3.46. The fourth-order valence-corrected chi connectivity index (χ4v) is 2.47. The first kappa shape index (κ1) is 12.8. The number of ether oxygens (including phenoxy) is 2.